The second-order valence-corrected chi connectivity index (χ2v) is 4.21. The van der Waals surface area contributed by atoms with Crippen molar-refractivity contribution in [3.63, 3.8) is 0 Å². The van der Waals surface area contributed by atoms with Crippen LogP contribution >= 0.6 is 0 Å². The van der Waals surface area contributed by atoms with Crippen molar-refractivity contribution in [2.75, 3.05) is 13.2 Å². The van der Waals surface area contributed by atoms with E-state index in [4.69, 9.17) is 4.74 Å². The molecule has 0 unspecified atom stereocenters. The van der Waals surface area contributed by atoms with E-state index in [0.717, 1.165) is 19.1 Å². The molecule has 1 nitrogen and oxygen atoms in total. The average Bonchev–Trinajstić information content (AvgIpc) is 2.12. The summed E-state index contributed by atoms with van der Waals surface area (Å²) in [6.45, 7) is 8.85. The molecular weight excluding hydrogens is 124 g/mol. The summed E-state index contributed by atoms with van der Waals surface area (Å²) in [5.41, 5.74) is 0.494. The summed E-state index contributed by atoms with van der Waals surface area (Å²) >= 11 is 0. The van der Waals surface area contributed by atoms with Gasteiger partial charge in [0, 0.05) is 6.61 Å². The number of hydrogen-bond acceptors (Lipinski definition) is 1. The van der Waals surface area contributed by atoms with E-state index in [1.807, 2.05) is 0 Å². The predicted molar refractivity (Wildman–Crippen MR) is 43.0 cm³/mol. The lowest BCUT2D eigenvalue weighted by Crippen LogP contribution is -2.18. The van der Waals surface area contributed by atoms with Crippen LogP contribution in [0.3, 0.4) is 0 Å². The maximum atomic E-state index is 5.36. The zero-order valence-electron chi connectivity index (χ0n) is 7.31. The molecule has 0 N–H and O–H groups in total. The van der Waals surface area contributed by atoms with Crippen LogP contribution in [0.1, 0.15) is 33.6 Å². The van der Waals surface area contributed by atoms with Crippen LogP contribution in [0.2, 0.25) is 0 Å². The number of ether oxygens (including phenoxy) is 1. The first-order valence-corrected chi connectivity index (χ1v) is 4.20. The molecule has 0 aromatic carbocycles. The van der Waals surface area contributed by atoms with E-state index in [9.17, 15) is 0 Å². The van der Waals surface area contributed by atoms with Gasteiger partial charge in [-0.3, -0.25) is 0 Å². The van der Waals surface area contributed by atoms with Gasteiger partial charge in [0.15, 0.2) is 0 Å². The molecular formula is C9H18O. The normalized spacial score (nSPS) is 33.6. The van der Waals surface area contributed by atoms with E-state index >= 15 is 0 Å². The summed E-state index contributed by atoms with van der Waals surface area (Å²) in [5.74, 6) is 0.812. The highest BCUT2D eigenvalue weighted by molar-refractivity contribution is 4.79. The molecule has 1 aliphatic rings. The van der Waals surface area contributed by atoms with Gasteiger partial charge in [0.25, 0.3) is 0 Å². The molecule has 10 heavy (non-hydrogen) atoms. The SMILES string of the molecule is CC(C)C[C@@]1(C)CCOC1. The predicted octanol–water partition coefficient (Wildman–Crippen LogP) is 2.46. The van der Waals surface area contributed by atoms with Crippen molar-refractivity contribution in [2.45, 2.75) is 33.6 Å². The number of hydrogen-bond donors (Lipinski definition) is 0. The van der Waals surface area contributed by atoms with Gasteiger partial charge in [0.1, 0.15) is 0 Å². The topological polar surface area (TPSA) is 9.23 Å². The van der Waals surface area contributed by atoms with Crippen molar-refractivity contribution in [1.82, 2.24) is 0 Å². The van der Waals surface area contributed by atoms with Crippen LogP contribution < -0.4 is 0 Å². The first-order valence-electron chi connectivity index (χ1n) is 4.20. The summed E-state index contributed by atoms with van der Waals surface area (Å²) in [5, 5.41) is 0. The fourth-order valence-corrected chi connectivity index (χ4v) is 1.86. The second kappa shape index (κ2) is 2.91. The molecule has 0 spiro atoms. The lowest BCUT2D eigenvalue weighted by molar-refractivity contribution is 0.147. The monoisotopic (exact) mass is 142 g/mol. The van der Waals surface area contributed by atoms with Gasteiger partial charge in [0.05, 0.1) is 6.61 Å². The van der Waals surface area contributed by atoms with Gasteiger partial charge in [-0.1, -0.05) is 20.8 Å². The maximum Gasteiger partial charge on any atom is 0.0520 e. The van der Waals surface area contributed by atoms with Crippen molar-refractivity contribution < 1.29 is 4.74 Å². The minimum Gasteiger partial charge on any atom is -0.381 e. The van der Waals surface area contributed by atoms with Gasteiger partial charge in [-0.05, 0) is 24.2 Å². The minimum absolute atomic E-state index is 0.494. The van der Waals surface area contributed by atoms with Gasteiger partial charge in [-0.2, -0.15) is 0 Å². The summed E-state index contributed by atoms with van der Waals surface area (Å²) in [4.78, 5) is 0. The molecule has 0 amide bonds. The molecule has 1 aliphatic heterocycles. The third-order valence-electron chi connectivity index (χ3n) is 2.20. The molecule has 1 heterocycles. The van der Waals surface area contributed by atoms with Crippen LogP contribution in [0, 0.1) is 11.3 Å². The first kappa shape index (κ1) is 8.06. The van der Waals surface area contributed by atoms with Crippen molar-refractivity contribution in [3.8, 4) is 0 Å². The van der Waals surface area contributed by atoms with Crippen molar-refractivity contribution >= 4 is 0 Å². The van der Waals surface area contributed by atoms with Crippen molar-refractivity contribution in [1.29, 1.82) is 0 Å². The largest absolute Gasteiger partial charge is 0.381 e. The van der Waals surface area contributed by atoms with Crippen LogP contribution in [0.15, 0.2) is 0 Å². The zero-order valence-corrected chi connectivity index (χ0v) is 7.31. The smallest absolute Gasteiger partial charge is 0.0520 e. The van der Waals surface area contributed by atoms with E-state index in [-0.39, 0.29) is 0 Å². The Hall–Kier alpha value is -0.0400. The molecule has 1 atom stereocenters. The number of rotatable bonds is 2. The van der Waals surface area contributed by atoms with E-state index < -0.39 is 0 Å². The Morgan fingerprint density at radius 2 is 2.20 bits per heavy atom. The summed E-state index contributed by atoms with van der Waals surface area (Å²) < 4.78 is 5.36. The Morgan fingerprint density at radius 1 is 1.50 bits per heavy atom. The van der Waals surface area contributed by atoms with Crippen LogP contribution in [-0.2, 0) is 4.74 Å². The molecule has 0 aliphatic carbocycles. The molecule has 0 aromatic heterocycles. The molecule has 0 aromatic rings. The quantitative estimate of drug-likeness (QED) is 0.575. The Bertz CT molecular complexity index is 101. The molecule has 0 saturated carbocycles. The summed E-state index contributed by atoms with van der Waals surface area (Å²) in [6, 6.07) is 0. The third kappa shape index (κ3) is 1.98. The fraction of sp³-hybridized carbons (Fsp3) is 1.00. The van der Waals surface area contributed by atoms with Gasteiger partial charge in [-0.25, -0.2) is 0 Å². The van der Waals surface area contributed by atoms with E-state index in [1.54, 1.807) is 0 Å². The lowest BCUT2D eigenvalue weighted by Gasteiger charge is -2.23. The van der Waals surface area contributed by atoms with Gasteiger partial charge >= 0.3 is 0 Å². The Balaban J connectivity index is 2.36. The van der Waals surface area contributed by atoms with Gasteiger partial charge in [0.2, 0.25) is 0 Å². The minimum atomic E-state index is 0.494. The fourth-order valence-electron chi connectivity index (χ4n) is 1.86. The van der Waals surface area contributed by atoms with Crippen molar-refractivity contribution in [2.24, 2.45) is 11.3 Å². The lowest BCUT2D eigenvalue weighted by atomic mass is 9.82. The third-order valence-corrected chi connectivity index (χ3v) is 2.20. The Morgan fingerprint density at radius 3 is 2.60 bits per heavy atom. The summed E-state index contributed by atoms with van der Waals surface area (Å²) in [7, 11) is 0. The highest BCUT2D eigenvalue weighted by Crippen LogP contribution is 2.34. The van der Waals surface area contributed by atoms with E-state index in [2.05, 4.69) is 20.8 Å². The first-order chi connectivity index (χ1) is 4.62. The molecule has 0 bridgehead atoms. The van der Waals surface area contributed by atoms with E-state index in [1.165, 1.54) is 12.8 Å². The highest BCUT2D eigenvalue weighted by atomic mass is 16.5. The highest BCUT2D eigenvalue weighted by Gasteiger charge is 2.29. The Kier molecular flexibility index (Phi) is 2.35. The Labute approximate surface area is 63.8 Å². The zero-order chi connectivity index (χ0) is 7.61. The van der Waals surface area contributed by atoms with E-state index in [0.29, 0.717) is 5.41 Å². The molecule has 1 fully saturated rings. The molecule has 0 radical (unpaired) electrons. The average molecular weight is 142 g/mol. The summed E-state index contributed by atoms with van der Waals surface area (Å²) in [6.07, 6.45) is 2.57. The molecule has 1 heteroatoms. The molecule has 1 rings (SSSR count). The van der Waals surface area contributed by atoms with Crippen LogP contribution in [0.5, 0.6) is 0 Å². The molecule has 1 saturated heterocycles. The van der Waals surface area contributed by atoms with Gasteiger partial charge in [-0.15, -0.1) is 0 Å². The standard InChI is InChI=1S/C9H18O/c1-8(2)6-9(3)4-5-10-7-9/h8H,4-7H2,1-3H3/t9-/m1/s1. The maximum absolute atomic E-state index is 5.36. The second-order valence-electron chi connectivity index (χ2n) is 4.21. The van der Waals surface area contributed by atoms with Gasteiger partial charge < -0.3 is 4.74 Å². The van der Waals surface area contributed by atoms with Crippen LogP contribution in [-0.4, -0.2) is 13.2 Å². The van der Waals surface area contributed by atoms with Crippen LogP contribution in [0.4, 0.5) is 0 Å². The van der Waals surface area contributed by atoms with Crippen LogP contribution in [0.25, 0.3) is 0 Å². The van der Waals surface area contributed by atoms with Crippen molar-refractivity contribution in [3.05, 3.63) is 0 Å². The molecule has 60 valence electrons.